The first kappa shape index (κ1) is 20.2. The lowest BCUT2D eigenvalue weighted by Gasteiger charge is -2.43. The highest BCUT2D eigenvalue weighted by Gasteiger charge is 2.31. The van der Waals surface area contributed by atoms with Crippen LogP contribution in [0.25, 0.3) is 0 Å². The molecule has 29 heavy (non-hydrogen) atoms. The van der Waals surface area contributed by atoms with Crippen LogP contribution < -0.4 is 10.1 Å². The first-order valence-corrected chi connectivity index (χ1v) is 10.8. The second kappa shape index (κ2) is 9.13. The zero-order valence-corrected chi connectivity index (χ0v) is 17.3. The molecular weight excluding hydrogens is 368 g/mol. The zero-order chi connectivity index (χ0) is 20.2. The average molecular weight is 401 g/mol. The maximum atomic E-state index is 12.7. The number of amides is 2. The maximum absolute atomic E-state index is 12.7. The monoisotopic (exact) mass is 400 g/mol. The Morgan fingerprint density at radius 2 is 1.90 bits per heavy atom. The predicted molar refractivity (Wildman–Crippen MR) is 111 cm³/mol. The smallest absolute Gasteiger partial charge is 0.251 e. The molecule has 2 amide bonds. The molecule has 158 valence electrons. The third kappa shape index (κ3) is 4.90. The Balaban J connectivity index is 1.20. The molecule has 1 atom stereocenters. The lowest BCUT2D eigenvalue weighted by Crippen LogP contribution is -2.55. The third-order valence-electron chi connectivity index (χ3n) is 6.56. The molecule has 0 spiro atoms. The number of rotatable bonds is 6. The van der Waals surface area contributed by atoms with E-state index in [0.717, 1.165) is 51.7 Å². The largest absolute Gasteiger partial charge is 0.497 e. The van der Waals surface area contributed by atoms with Gasteiger partial charge in [0.15, 0.2) is 0 Å². The number of methoxy groups -OCH3 is 1. The topological polar surface area (TPSA) is 65.1 Å². The van der Waals surface area contributed by atoms with Gasteiger partial charge in [-0.05, 0) is 37.5 Å². The summed E-state index contributed by atoms with van der Waals surface area (Å²) >= 11 is 0. The first-order chi connectivity index (χ1) is 14.1. The number of likely N-dealkylation sites (tertiary alicyclic amines) is 1. The van der Waals surface area contributed by atoms with Gasteiger partial charge >= 0.3 is 0 Å². The summed E-state index contributed by atoms with van der Waals surface area (Å²) in [5.41, 5.74) is 0.600. The number of carbonyl (C=O) groups is 2. The molecule has 2 saturated heterocycles. The molecule has 1 saturated carbocycles. The van der Waals surface area contributed by atoms with E-state index in [-0.39, 0.29) is 17.9 Å². The van der Waals surface area contributed by atoms with E-state index in [0.29, 0.717) is 17.9 Å². The quantitative estimate of drug-likeness (QED) is 0.777. The van der Waals surface area contributed by atoms with Gasteiger partial charge in [0.1, 0.15) is 5.75 Å². The normalized spacial score (nSPS) is 23.6. The summed E-state index contributed by atoms with van der Waals surface area (Å²) < 4.78 is 5.19. The predicted octanol–water partition coefficient (Wildman–Crippen LogP) is 1.20. The Bertz CT molecular complexity index is 729. The second-order valence-corrected chi connectivity index (χ2v) is 8.43. The standard InChI is InChI=1S/C22H32N4O3/c1-29-20-7-2-4-17(14-20)22(28)23-18-8-9-24(15-18)16-21(27)26-12-10-25(11-13-26)19-5-3-6-19/h2,4,7,14,18-19H,3,5-6,8-13,15-16H2,1H3,(H,23,28). The molecule has 1 N–H and O–H groups in total. The first-order valence-electron chi connectivity index (χ1n) is 10.8. The molecule has 3 aliphatic rings. The minimum absolute atomic E-state index is 0.0805. The fourth-order valence-electron chi connectivity index (χ4n) is 4.51. The van der Waals surface area contributed by atoms with E-state index in [4.69, 9.17) is 4.74 Å². The molecule has 3 fully saturated rings. The van der Waals surface area contributed by atoms with Crippen molar-refractivity contribution in [2.24, 2.45) is 0 Å². The van der Waals surface area contributed by atoms with Gasteiger partial charge in [-0.25, -0.2) is 0 Å². The summed E-state index contributed by atoms with van der Waals surface area (Å²) in [6, 6.07) is 8.02. The Labute approximate surface area is 173 Å². The Morgan fingerprint density at radius 1 is 1.10 bits per heavy atom. The van der Waals surface area contributed by atoms with Crippen LogP contribution >= 0.6 is 0 Å². The highest BCUT2D eigenvalue weighted by Crippen LogP contribution is 2.25. The van der Waals surface area contributed by atoms with Crippen LogP contribution in [-0.4, -0.2) is 91.5 Å². The number of ether oxygens (including phenoxy) is 1. The van der Waals surface area contributed by atoms with Gasteiger partial charge in [0.25, 0.3) is 5.91 Å². The van der Waals surface area contributed by atoms with Gasteiger partial charge in [0, 0.05) is 56.9 Å². The van der Waals surface area contributed by atoms with Gasteiger partial charge in [-0.2, -0.15) is 0 Å². The number of hydrogen-bond donors (Lipinski definition) is 1. The summed E-state index contributed by atoms with van der Waals surface area (Å²) in [6.07, 6.45) is 4.88. The van der Waals surface area contributed by atoms with E-state index < -0.39 is 0 Å². The van der Waals surface area contributed by atoms with E-state index in [1.165, 1.54) is 19.3 Å². The summed E-state index contributed by atoms with van der Waals surface area (Å²) in [5.74, 6) is 0.806. The Hall–Kier alpha value is -2.12. The van der Waals surface area contributed by atoms with Crippen molar-refractivity contribution in [3.8, 4) is 5.75 Å². The number of hydrogen-bond acceptors (Lipinski definition) is 5. The van der Waals surface area contributed by atoms with Crippen molar-refractivity contribution in [2.45, 2.75) is 37.8 Å². The highest BCUT2D eigenvalue weighted by molar-refractivity contribution is 5.94. The van der Waals surface area contributed by atoms with Crippen LogP contribution in [0.1, 0.15) is 36.0 Å². The van der Waals surface area contributed by atoms with Gasteiger partial charge in [-0.3, -0.25) is 19.4 Å². The van der Waals surface area contributed by atoms with Crippen molar-refractivity contribution >= 4 is 11.8 Å². The van der Waals surface area contributed by atoms with Gasteiger partial charge in [-0.1, -0.05) is 12.5 Å². The Kier molecular flexibility index (Phi) is 6.35. The summed E-state index contributed by atoms with van der Waals surface area (Å²) in [5, 5.41) is 3.09. The lowest BCUT2D eigenvalue weighted by atomic mass is 9.91. The fraction of sp³-hybridized carbons (Fsp3) is 0.636. The summed E-state index contributed by atoms with van der Waals surface area (Å²) in [4.78, 5) is 31.9. The van der Waals surface area contributed by atoms with Crippen molar-refractivity contribution in [3.63, 3.8) is 0 Å². The van der Waals surface area contributed by atoms with Gasteiger partial charge < -0.3 is 15.0 Å². The second-order valence-electron chi connectivity index (χ2n) is 8.43. The average Bonchev–Trinajstić information content (AvgIpc) is 3.14. The van der Waals surface area contributed by atoms with Crippen LogP contribution in [0, 0.1) is 0 Å². The fourth-order valence-corrected chi connectivity index (χ4v) is 4.51. The Morgan fingerprint density at radius 3 is 2.59 bits per heavy atom. The zero-order valence-electron chi connectivity index (χ0n) is 17.3. The van der Waals surface area contributed by atoms with Crippen molar-refractivity contribution < 1.29 is 14.3 Å². The van der Waals surface area contributed by atoms with Gasteiger partial charge in [0.2, 0.25) is 5.91 Å². The van der Waals surface area contributed by atoms with Crippen molar-refractivity contribution in [2.75, 3.05) is 52.9 Å². The molecule has 2 aliphatic heterocycles. The highest BCUT2D eigenvalue weighted by atomic mass is 16.5. The maximum Gasteiger partial charge on any atom is 0.251 e. The van der Waals surface area contributed by atoms with Crippen LogP contribution in [0.4, 0.5) is 0 Å². The molecule has 1 aromatic carbocycles. The van der Waals surface area contributed by atoms with Crippen LogP contribution in [-0.2, 0) is 4.79 Å². The summed E-state index contributed by atoms with van der Waals surface area (Å²) in [7, 11) is 1.59. The van der Waals surface area contributed by atoms with Crippen LogP contribution in [0.15, 0.2) is 24.3 Å². The minimum atomic E-state index is -0.0887. The molecule has 0 bridgehead atoms. The molecule has 4 rings (SSSR count). The molecular formula is C22H32N4O3. The van der Waals surface area contributed by atoms with Gasteiger partial charge in [0.05, 0.1) is 13.7 Å². The number of carbonyl (C=O) groups excluding carboxylic acids is 2. The van der Waals surface area contributed by atoms with Crippen LogP contribution in [0.2, 0.25) is 0 Å². The van der Waals surface area contributed by atoms with Crippen LogP contribution in [0.3, 0.4) is 0 Å². The van der Waals surface area contributed by atoms with E-state index in [1.807, 2.05) is 17.0 Å². The third-order valence-corrected chi connectivity index (χ3v) is 6.56. The molecule has 0 aromatic heterocycles. The van der Waals surface area contributed by atoms with E-state index in [2.05, 4.69) is 15.1 Å². The van der Waals surface area contributed by atoms with Crippen molar-refractivity contribution in [3.05, 3.63) is 29.8 Å². The van der Waals surface area contributed by atoms with Crippen LogP contribution in [0.5, 0.6) is 5.75 Å². The molecule has 0 radical (unpaired) electrons. The number of nitrogens with one attached hydrogen (secondary N) is 1. The number of benzene rings is 1. The molecule has 1 aliphatic carbocycles. The minimum Gasteiger partial charge on any atom is -0.497 e. The molecule has 2 heterocycles. The molecule has 7 heteroatoms. The van der Waals surface area contributed by atoms with Crippen molar-refractivity contribution in [1.82, 2.24) is 20.0 Å². The molecule has 7 nitrogen and oxygen atoms in total. The molecule has 1 unspecified atom stereocenters. The van der Waals surface area contributed by atoms with Gasteiger partial charge in [-0.15, -0.1) is 0 Å². The molecule has 1 aromatic rings. The van der Waals surface area contributed by atoms with E-state index in [9.17, 15) is 9.59 Å². The lowest BCUT2D eigenvalue weighted by molar-refractivity contribution is -0.134. The summed E-state index contributed by atoms with van der Waals surface area (Å²) in [6.45, 7) is 5.74. The number of nitrogens with zero attached hydrogens (tertiary/aromatic N) is 3. The SMILES string of the molecule is COc1cccc(C(=O)NC2CCN(CC(=O)N3CCN(C4CCC4)CC3)C2)c1. The van der Waals surface area contributed by atoms with E-state index >= 15 is 0 Å². The number of piperazine rings is 1. The van der Waals surface area contributed by atoms with Crippen molar-refractivity contribution in [1.29, 1.82) is 0 Å². The van der Waals surface area contributed by atoms with E-state index in [1.54, 1.807) is 19.2 Å².